The summed E-state index contributed by atoms with van der Waals surface area (Å²) in [4.78, 5) is 85.8. The van der Waals surface area contributed by atoms with E-state index in [0.29, 0.717) is 17.2 Å². The van der Waals surface area contributed by atoms with Gasteiger partial charge in [-0.15, -0.1) is 13.2 Å². The van der Waals surface area contributed by atoms with E-state index in [2.05, 4.69) is 13.2 Å². The molecular formula is C83H64O24. The molecule has 0 aliphatic heterocycles. The molecule has 6 aliphatic carbocycles. The Kier molecular flexibility index (Phi) is 19.0. The average Bonchev–Trinajstić information content (AvgIpc) is 0.725. The molecule has 0 radical (unpaired) electrons. The van der Waals surface area contributed by atoms with Crippen molar-refractivity contribution >= 4 is 57.5 Å². The van der Waals surface area contributed by atoms with Crippen LogP contribution < -0.4 is 0 Å². The largest absolute Gasteiger partial charge is 0.507 e. The zero-order valence-electron chi connectivity index (χ0n) is 56.3. The van der Waals surface area contributed by atoms with Crippen LogP contribution in [0, 0.1) is 6.92 Å². The van der Waals surface area contributed by atoms with Crippen LogP contribution in [0.1, 0.15) is 80.5 Å². The standard InChI is InChI=1S/C83H64O24/c1-4-17-41-67(91)42(18-5-2)72(96)60(71(41)95)63-82(106)64(83(63)107)61-73(97)43(27-15-14-26-40-49(85)33-52(88)55(70(40)94)58-78(102)57(79(58)103)54-51(87)32-48(84)35(3)66(54)90)68(92)44(74(61)98)28-16-25-38-23-12-13-24-39(38)31-47-69(93)46(30-37-21-10-7-11-22-37)76(100)62(77(47)101)65-80(104)59(81(65)105)56-53(89)34-50(86)45(75(56)99)29-36-19-8-6-9-20-36/h4-16,19-25,32-34,84,86-91,94-102,104,106H,1-2,17-18,26-31H2,3H3/b15-14+,25-16-,58-55-,64-61-,65-62+. The first kappa shape index (κ1) is 72.4. The summed E-state index contributed by atoms with van der Waals surface area (Å²) in [6.07, 6.45) is 5.31. The normalized spacial score (nSPS) is 18.6. The molecule has 6 aliphatic rings. The van der Waals surface area contributed by atoms with Crippen molar-refractivity contribution in [1.82, 2.24) is 0 Å². The quantitative estimate of drug-likeness (QED) is 0.0249. The van der Waals surface area contributed by atoms with Crippen LogP contribution in [0.5, 0.6) is 51.7 Å². The SMILES string of the molecule is C=CCc1c(O)c(CC=C)c(O)c(C2=C(O)/C(=C3/C(O)=C(C/C=C\c4ccccc4CC4=C(O)/C(=C5/C(=O)C(c6c(O)cc(O)c(Cc7ccccc7)c6O)=C5O)C(O)=C(Cc5ccccc5)C4=O)C(=O)C(C/C=C/CC4=C(O)/C(=C5\C(=O)C(c6c(O)cc(O)c(C)c6O)=C5O)C(O)=CC4=O)=C3O)C2=O)c1O. The number of Topliss-reactive ketones (excluding diaryl/α,β-unsaturated/α-hetero) is 5. The van der Waals surface area contributed by atoms with E-state index >= 15 is 0 Å². The zero-order chi connectivity index (χ0) is 77.2. The molecule has 0 unspecified atom stereocenters. The third kappa shape index (κ3) is 12.0. The Labute approximate surface area is 606 Å². The maximum absolute atomic E-state index is 14.9. The molecular weight excluding hydrogens is 1380 g/mol. The second-order valence-electron chi connectivity index (χ2n) is 25.5. The van der Waals surface area contributed by atoms with Crippen LogP contribution in [0.2, 0.25) is 0 Å². The molecule has 540 valence electrons. The smallest absolute Gasteiger partial charge is 0.202 e. The predicted molar refractivity (Wildman–Crippen MR) is 387 cm³/mol. The summed E-state index contributed by atoms with van der Waals surface area (Å²) in [5.74, 6) is -21.8. The summed E-state index contributed by atoms with van der Waals surface area (Å²) in [6, 6.07) is 24.7. The fourth-order valence-electron chi connectivity index (χ4n) is 13.7. The van der Waals surface area contributed by atoms with Crippen LogP contribution in [0.3, 0.4) is 0 Å². The van der Waals surface area contributed by atoms with Crippen LogP contribution in [0.25, 0.3) is 22.8 Å². The van der Waals surface area contributed by atoms with E-state index in [-0.39, 0.29) is 64.6 Å². The number of aliphatic hydroxyl groups is 9. The van der Waals surface area contributed by atoms with E-state index < -0.39 is 253 Å². The van der Waals surface area contributed by atoms with Crippen molar-refractivity contribution in [3.05, 3.63) is 321 Å². The highest BCUT2D eigenvalue weighted by atomic mass is 16.3. The summed E-state index contributed by atoms with van der Waals surface area (Å²) in [5.41, 5.74) is -9.79. The predicted octanol–water partition coefficient (Wildman–Crippen LogP) is 12.7. The average molecular weight is 1450 g/mol. The number of carbonyl (C=O) groups excluding carboxylic acids is 6. The number of aliphatic hydroxyl groups excluding tert-OH is 9. The van der Waals surface area contributed by atoms with Crippen LogP contribution >= 0.6 is 0 Å². The van der Waals surface area contributed by atoms with Crippen molar-refractivity contribution in [2.24, 2.45) is 0 Å². The number of carbonyl (C=O) groups is 6. The lowest BCUT2D eigenvalue weighted by Gasteiger charge is -2.29. The molecule has 0 fully saturated rings. The zero-order valence-corrected chi connectivity index (χ0v) is 56.3. The van der Waals surface area contributed by atoms with Gasteiger partial charge in [0.2, 0.25) is 17.3 Å². The monoisotopic (exact) mass is 1440 g/mol. The van der Waals surface area contributed by atoms with Gasteiger partial charge in [0.05, 0.1) is 66.8 Å². The number of ketones is 6. The number of allylic oxidation sites excluding steroid dienone is 17. The van der Waals surface area contributed by atoms with E-state index in [1.165, 1.54) is 49.4 Å². The van der Waals surface area contributed by atoms with Gasteiger partial charge < -0.3 is 91.9 Å². The lowest BCUT2D eigenvalue weighted by atomic mass is 9.75. The molecule has 12 rings (SSSR count). The van der Waals surface area contributed by atoms with Crippen LogP contribution in [0.15, 0.2) is 260 Å². The minimum Gasteiger partial charge on any atom is -0.507 e. The molecule has 6 aromatic carbocycles. The number of phenols is 9. The van der Waals surface area contributed by atoms with Gasteiger partial charge in [0.1, 0.15) is 104 Å². The van der Waals surface area contributed by atoms with Crippen LogP contribution in [-0.4, -0.2) is 127 Å². The first-order valence-corrected chi connectivity index (χ1v) is 32.8. The Balaban J connectivity index is 0.909. The molecule has 0 spiro atoms. The van der Waals surface area contributed by atoms with Gasteiger partial charge in [0.15, 0.2) is 17.3 Å². The van der Waals surface area contributed by atoms with Crippen molar-refractivity contribution in [2.45, 2.75) is 58.3 Å². The molecule has 107 heavy (non-hydrogen) atoms. The Morgan fingerprint density at radius 1 is 0.327 bits per heavy atom. The number of hydrogen-bond acceptors (Lipinski definition) is 24. The lowest BCUT2D eigenvalue weighted by molar-refractivity contribution is -0.113. The summed E-state index contributed by atoms with van der Waals surface area (Å²) in [5, 5.41) is 205. The maximum atomic E-state index is 14.9. The molecule has 0 heterocycles. The molecule has 0 atom stereocenters. The van der Waals surface area contributed by atoms with Gasteiger partial charge in [-0.3, -0.25) is 28.8 Å². The summed E-state index contributed by atoms with van der Waals surface area (Å²) >= 11 is 0. The van der Waals surface area contributed by atoms with E-state index in [1.54, 1.807) is 78.9 Å². The van der Waals surface area contributed by atoms with Gasteiger partial charge in [-0.05, 0) is 61.3 Å². The van der Waals surface area contributed by atoms with Crippen molar-refractivity contribution < 1.29 is 121 Å². The second-order valence-corrected chi connectivity index (χ2v) is 25.5. The van der Waals surface area contributed by atoms with E-state index in [4.69, 9.17) is 0 Å². The fraction of sp³-hybridized carbons (Fsp3) is 0.108. The summed E-state index contributed by atoms with van der Waals surface area (Å²) < 4.78 is 0. The fourth-order valence-corrected chi connectivity index (χ4v) is 13.7. The molecule has 6 aromatic rings. The highest BCUT2D eigenvalue weighted by Crippen LogP contribution is 2.55. The molecule has 0 saturated heterocycles. The number of aromatic hydroxyl groups is 9. The molecule has 0 saturated carbocycles. The first-order valence-electron chi connectivity index (χ1n) is 32.8. The molecule has 18 N–H and O–H groups in total. The Bertz CT molecular complexity index is 5560. The minimum absolute atomic E-state index is 0.0869. The minimum atomic E-state index is -1.21. The Morgan fingerprint density at radius 2 is 0.729 bits per heavy atom. The van der Waals surface area contributed by atoms with E-state index in [1.807, 2.05) is 0 Å². The highest BCUT2D eigenvalue weighted by Gasteiger charge is 2.49. The van der Waals surface area contributed by atoms with Gasteiger partial charge in [-0.1, -0.05) is 121 Å². The third-order valence-corrected chi connectivity index (χ3v) is 19.3. The van der Waals surface area contributed by atoms with Gasteiger partial charge in [0.25, 0.3) is 0 Å². The maximum Gasteiger partial charge on any atom is 0.202 e. The first-order chi connectivity index (χ1) is 51.0. The van der Waals surface area contributed by atoms with Crippen LogP contribution in [-0.2, 0) is 60.9 Å². The van der Waals surface area contributed by atoms with E-state index in [9.17, 15) is 121 Å². The number of rotatable bonds is 20. The second kappa shape index (κ2) is 28.1. The topological polar surface area (TPSA) is 467 Å². The molecule has 0 amide bonds. The van der Waals surface area contributed by atoms with Crippen molar-refractivity contribution in [3.63, 3.8) is 0 Å². The lowest BCUT2D eigenvalue weighted by Crippen LogP contribution is -2.28. The summed E-state index contributed by atoms with van der Waals surface area (Å²) in [6.45, 7) is 8.49. The van der Waals surface area contributed by atoms with Crippen molar-refractivity contribution in [1.29, 1.82) is 0 Å². The van der Waals surface area contributed by atoms with Gasteiger partial charge in [-0.25, -0.2) is 0 Å². The third-order valence-electron chi connectivity index (χ3n) is 19.3. The summed E-state index contributed by atoms with van der Waals surface area (Å²) in [7, 11) is 0. The van der Waals surface area contributed by atoms with Gasteiger partial charge in [0, 0.05) is 87.6 Å². The van der Waals surface area contributed by atoms with Crippen LogP contribution in [0.4, 0.5) is 0 Å². The number of benzene rings is 6. The molecule has 24 nitrogen and oxygen atoms in total. The van der Waals surface area contributed by atoms with E-state index in [0.717, 1.165) is 12.1 Å². The van der Waals surface area contributed by atoms with Crippen molar-refractivity contribution in [3.8, 4) is 51.7 Å². The van der Waals surface area contributed by atoms with Gasteiger partial charge in [-0.2, -0.15) is 0 Å². The van der Waals surface area contributed by atoms with Crippen molar-refractivity contribution in [2.75, 3.05) is 0 Å². The highest BCUT2D eigenvalue weighted by molar-refractivity contribution is 6.42. The Morgan fingerprint density at radius 3 is 1.24 bits per heavy atom. The molecule has 0 bridgehead atoms. The molecule has 0 aromatic heterocycles. The van der Waals surface area contributed by atoms with Gasteiger partial charge >= 0.3 is 0 Å². The Hall–Kier alpha value is -14.4. The number of hydrogen-bond donors (Lipinski definition) is 18. The molecule has 24 heteroatoms. The number of phenolic OH excluding ortho intramolecular Hbond substituents is 9.